The summed E-state index contributed by atoms with van der Waals surface area (Å²) in [6, 6.07) is 1.86. The van der Waals surface area contributed by atoms with Gasteiger partial charge in [0.05, 0.1) is 6.61 Å². The fourth-order valence-corrected chi connectivity index (χ4v) is 2.03. The number of nitrogens with zero attached hydrogens (tertiary/aromatic N) is 2. The molecule has 2 rings (SSSR count). The predicted molar refractivity (Wildman–Crippen MR) is 74.5 cm³/mol. The summed E-state index contributed by atoms with van der Waals surface area (Å²) in [7, 11) is 0. The SMILES string of the molecule is CCCCOc1cc(NCC)nc(C2CCCO2)n1. The van der Waals surface area contributed by atoms with Crippen molar-refractivity contribution in [3.63, 3.8) is 0 Å². The highest BCUT2D eigenvalue weighted by molar-refractivity contribution is 5.38. The maximum absolute atomic E-state index is 5.69. The minimum absolute atomic E-state index is 0.0205. The van der Waals surface area contributed by atoms with Crippen LogP contribution in [0.2, 0.25) is 0 Å². The van der Waals surface area contributed by atoms with Gasteiger partial charge in [0.1, 0.15) is 11.9 Å². The van der Waals surface area contributed by atoms with E-state index in [0.717, 1.165) is 50.5 Å². The van der Waals surface area contributed by atoms with Crippen LogP contribution < -0.4 is 10.1 Å². The molecule has 0 amide bonds. The molecule has 2 heterocycles. The van der Waals surface area contributed by atoms with Crippen molar-refractivity contribution in [1.82, 2.24) is 9.97 Å². The number of hydrogen-bond donors (Lipinski definition) is 1. The summed E-state index contributed by atoms with van der Waals surface area (Å²) >= 11 is 0. The molecular weight excluding hydrogens is 242 g/mol. The first-order valence-electron chi connectivity index (χ1n) is 7.20. The first kappa shape index (κ1) is 14.1. The van der Waals surface area contributed by atoms with Gasteiger partial charge in [-0.05, 0) is 26.2 Å². The molecule has 1 N–H and O–H groups in total. The first-order valence-corrected chi connectivity index (χ1v) is 7.20. The number of rotatable bonds is 7. The molecule has 1 aliphatic rings. The van der Waals surface area contributed by atoms with Crippen LogP contribution in [0.15, 0.2) is 6.07 Å². The second-order valence-electron chi connectivity index (χ2n) is 4.68. The standard InChI is InChI=1S/C14H23N3O2/c1-3-5-8-19-13-10-12(15-4-2)16-14(17-13)11-7-6-9-18-11/h10-11H,3-9H2,1-2H3,(H,15,16,17). The Balaban J connectivity index is 2.11. The fraction of sp³-hybridized carbons (Fsp3) is 0.714. The van der Waals surface area contributed by atoms with Gasteiger partial charge in [-0.1, -0.05) is 13.3 Å². The lowest BCUT2D eigenvalue weighted by molar-refractivity contribution is 0.104. The lowest BCUT2D eigenvalue weighted by Crippen LogP contribution is -2.09. The Hall–Kier alpha value is -1.36. The fourth-order valence-electron chi connectivity index (χ4n) is 2.03. The third kappa shape index (κ3) is 4.06. The summed E-state index contributed by atoms with van der Waals surface area (Å²) in [6.07, 6.45) is 4.24. The van der Waals surface area contributed by atoms with Crippen molar-refractivity contribution in [2.24, 2.45) is 0 Å². The highest BCUT2D eigenvalue weighted by atomic mass is 16.5. The van der Waals surface area contributed by atoms with Crippen LogP contribution >= 0.6 is 0 Å². The molecule has 1 aromatic heterocycles. The highest BCUT2D eigenvalue weighted by Gasteiger charge is 2.22. The van der Waals surface area contributed by atoms with Crippen molar-refractivity contribution in [2.45, 2.75) is 45.6 Å². The molecule has 1 unspecified atom stereocenters. The Morgan fingerprint density at radius 1 is 1.42 bits per heavy atom. The molecule has 0 bridgehead atoms. The molecule has 5 heteroatoms. The summed E-state index contributed by atoms with van der Waals surface area (Å²) in [5, 5.41) is 3.22. The molecule has 1 aliphatic heterocycles. The predicted octanol–water partition coefficient (Wildman–Crippen LogP) is 2.94. The lowest BCUT2D eigenvalue weighted by Gasteiger charge is -2.13. The van der Waals surface area contributed by atoms with E-state index in [1.54, 1.807) is 0 Å². The molecule has 1 atom stereocenters. The summed E-state index contributed by atoms with van der Waals surface area (Å²) in [5.41, 5.74) is 0. The minimum Gasteiger partial charge on any atom is -0.478 e. The first-order chi connectivity index (χ1) is 9.33. The molecule has 0 aliphatic carbocycles. The highest BCUT2D eigenvalue weighted by Crippen LogP contribution is 2.28. The van der Waals surface area contributed by atoms with E-state index in [9.17, 15) is 0 Å². The van der Waals surface area contributed by atoms with E-state index in [1.165, 1.54) is 0 Å². The van der Waals surface area contributed by atoms with E-state index < -0.39 is 0 Å². The van der Waals surface area contributed by atoms with Crippen molar-refractivity contribution in [1.29, 1.82) is 0 Å². The molecule has 5 nitrogen and oxygen atoms in total. The van der Waals surface area contributed by atoms with E-state index in [0.29, 0.717) is 12.5 Å². The molecule has 0 spiro atoms. The monoisotopic (exact) mass is 265 g/mol. The summed E-state index contributed by atoms with van der Waals surface area (Å²) in [4.78, 5) is 8.98. The third-order valence-corrected chi connectivity index (χ3v) is 3.04. The maximum Gasteiger partial charge on any atom is 0.218 e. The van der Waals surface area contributed by atoms with Crippen LogP contribution in [0.5, 0.6) is 5.88 Å². The molecule has 0 saturated carbocycles. The van der Waals surface area contributed by atoms with Gasteiger partial charge in [0.25, 0.3) is 0 Å². The van der Waals surface area contributed by atoms with Crippen LogP contribution in [-0.2, 0) is 4.74 Å². The lowest BCUT2D eigenvalue weighted by atomic mass is 10.2. The Kier molecular flexibility index (Phi) is 5.39. The molecule has 106 valence electrons. The maximum atomic E-state index is 5.69. The second kappa shape index (κ2) is 7.28. The van der Waals surface area contributed by atoms with E-state index >= 15 is 0 Å². The zero-order valence-corrected chi connectivity index (χ0v) is 11.8. The number of ether oxygens (including phenoxy) is 2. The van der Waals surface area contributed by atoms with Gasteiger partial charge in [0, 0.05) is 19.2 Å². The average molecular weight is 265 g/mol. The summed E-state index contributed by atoms with van der Waals surface area (Å²) in [5.74, 6) is 2.20. The summed E-state index contributed by atoms with van der Waals surface area (Å²) < 4.78 is 11.3. The molecule has 0 radical (unpaired) electrons. The minimum atomic E-state index is 0.0205. The molecular formula is C14H23N3O2. The van der Waals surface area contributed by atoms with E-state index in [-0.39, 0.29) is 6.10 Å². The van der Waals surface area contributed by atoms with Crippen molar-refractivity contribution < 1.29 is 9.47 Å². The van der Waals surface area contributed by atoms with E-state index in [4.69, 9.17) is 9.47 Å². The van der Waals surface area contributed by atoms with Crippen LogP contribution in [0.25, 0.3) is 0 Å². The Morgan fingerprint density at radius 3 is 3.00 bits per heavy atom. The molecule has 1 aromatic rings. The third-order valence-electron chi connectivity index (χ3n) is 3.04. The van der Waals surface area contributed by atoms with Gasteiger partial charge in [-0.2, -0.15) is 4.98 Å². The zero-order valence-electron chi connectivity index (χ0n) is 11.8. The Labute approximate surface area is 114 Å². The Bertz CT molecular complexity index is 392. The van der Waals surface area contributed by atoms with Crippen LogP contribution in [0.4, 0.5) is 5.82 Å². The number of anilines is 1. The van der Waals surface area contributed by atoms with Crippen LogP contribution in [-0.4, -0.2) is 29.7 Å². The van der Waals surface area contributed by atoms with Crippen LogP contribution in [0.3, 0.4) is 0 Å². The Morgan fingerprint density at radius 2 is 2.32 bits per heavy atom. The van der Waals surface area contributed by atoms with Crippen molar-refractivity contribution >= 4 is 5.82 Å². The zero-order chi connectivity index (χ0) is 13.5. The van der Waals surface area contributed by atoms with Crippen molar-refractivity contribution in [2.75, 3.05) is 25.1 Å². The number of aromatic nitrogens is 2. The van der Waals surface area contributed by atoms with Gasteiger partial charge in [-0.3, -0.25) is 0 Å². The van der Waals surface area contributed by atoms with E-state index in [1.807, 2.05) is 13.0 Å². The number of nitrogens with one attached hydrogen (secondary N) is 1. The molecule has 1 saturated heterocycles. The molecule has 0 aromatic carbocycles. The van der Waals surface area contributed by atoms with Gasteiger partial charge in [0.15, 0.2) is 5.82 Å². The van der Waals surface area contributed by atoms with Crippen molar-refractivity contribution in [3.05, 3.63) is 11.9 Å². The second-order valence-corrected chi connectivity index (χ2v) is 4.68. The molecule has 19 heavy (non-hydrogen) atoms. The van der Waals surface area contributed by atoms with Crippen molar-refractivity contribution in [3.8, 4) is 5.88 Å². The van der Waals surface area contributed by atoms with Crippen LogP contribution in [0, 0.1) is 0 Å². The van der Waals surface area contributed by atoms with Crippen LogP contribution in [0.1, 0.15) is 51.5 Å². The van der Waals surface area contributed by atoms with Gasteiger partial charge in [-0.15, -0.1) is 0 Å². The topological polar surface area (TPSA) is 56.3 Å². The quantitative estimate of drug-likeness (QED) is 0.768. The van der Waals surface area contributed by atoms with Gasteiger partial charge in [-0.25, -0.2) is 4.98 Å². The number of unbranched alkanes of at least 4 members (excludes halogenated alkanes) is 1. The van der Waals surface area contributed by atoms with E-state index in [2.05, 4.69) is 22.2 Å². The average Bonchev–Trinajstić information content (AvgIpc) is 2.93. The largest absolute Gasteiger partial charge is 0.478 e. The van der Waals surface area contributed by atoms with Gasteiger partial charge in [0.2, 0.25) is 5.88 Å². The molecule has 1 fully saturated rings. The normalized spacial score (nSPS) is 18.5. The van der Waals surface area contributed by atoms with Gasteiger partial charge >= 0.3 is 0 Å². The van der Waals surface area contributed by atoms with Gasteiger partial charge < -0.3 is 14.8 Å². The smallest absolute Gasteiger partial charge is 0.218 e. The number of hydrogen-bond acceptors (Lipinski definition) is 5. The summed E-state index contributed by atoms with van der Waals surface area (Å²) in [6.45, 7) is 6.52.